The van der Waals surface area contributed by atoms with Crippen molar-refractivity contribution in [2.45, 2.75) is 44.9 Å². The molecule has 2 heteroatoms. The summed E-state index contributed by atoms with van der Waals surface area (Å²) in [5.74, 6) is 0.811. The molecule has 0 atom stereocenters. The average Bonchev–Trinajstić information content (AvgIpc) is 2.66. The van der Waals surface area contributed by atoms with E-state index in [9.17, 15) is 0 Å². The molecule has 1 heterocycles. The highest BCUT2D eigenvalue weighted by atomic mass is 32.1. The molecule has 1 fully saturated rings. The molecule has 1 aromatic heterocycles. The normalized spacial score (nSPS) is 18.2. The zero-order valence-corrected chi connectivity index (χ0v) is 8.74. The molecular weight excluding hydrogens is 166 g/mol. The number of aromatic nitrogens is 1. The zero-order chi connectivity index (χ0) is 8.77. The second kappa shape index (κ2) is 2.56. The fourth-order valence-electron chi connectivity index (χ4n) is 1.15. The summed E-state index contributed by atoms with van der Waals surface area (Å²) in [6, 6.07) is 0. The summed E-state index contributed by atoms with van der Waals surface area (Å²) in [6.07, 6.45) is 4.77. The summed E-state index contributed by atoms with van der Waals surface area (Å²) in [4.78, 5) is 5.88. The van der Waals surface area contributed by atoms with E-state index in [-0.39, 0.29) is 5.41 Å². The average molecular weight is 181 g/mol. The molecular formula is C10H15NS. The van der Waals surface area contributed by atoms with Crippen LogP contribution in [0.1, 0.15) is 49.4 Å². The second-order valence-corrected chi connectivity index (χ2v) is 5.65. The van der Waals surface area contributed by atoms with E-state index in [2.05, 4.69) is 32.0 Å². The third-order valence-electron chi connectivity index (χ3n) is 2.19. The Morgan fingerprint density at radius 3 is 2.50 bits per heavy atom. The lowest BCUT2D eigenvalue weighted by Gasteiger charge is -2.14. The van der Waals surface area contributed by atoms with Crippen LogP contribution in [0, 0.1) is 0 Å². The van der Waals surface area contributed by atoms with Gasteiger partial charge in [0.05, 0.1) is 5.01 Å². The van der Waals surface area contributed by atoms with Crippen LogP contribution in [-0.2, 0) is 5.41 Å². The smallest absolute Gasteiger partial charge is 0.0958 e. The van der Waals surface area contributed by atoms with Gasteiger partial charge < -0.3 is 0 Å². The van der Waals surface area contributed by atoms with Gasteiger partial charge in [-0.05, 0) is 18.3 Å². The van der Waals surface area contributed by atoms with Gasteiger partial charge in [0.1, 0.15) is 0 Å². The minimum absolute atomic E-state index is 0.283. The molecule has 0 N–H and O–H groups in total. The molecule has 1 saturated carbocycles. The lowest BCUT2D eigenvalue weighted by molar-refractivity contribution is 0.602. The number of thiazole rings is 1. The standard InChI is InChI=1S/C10H15NS/c1-10(2,3)8-6-11-9(12-8)7-4-5-7/h6-7H,4-5H2,1-3H3. The number of hydrogen-bond donors (Lipinski definition) is 0. The highest BCUT2D eigenvalue weighted by molar-refractivity contribution is 7.11. The van der Waals surface area contributed by atoms with E-state index in [1.165, 1.54) is 22.7 Å². The number of nitrogens with zero attached hydrogens (tertiary/aromatic N) is 1. The summed E-state index contributed by atoms with van der Waals surface area (Å²) in [5, 5.41) is 1.36. The summed E-state index contributed by atoms with van der Waals surface area (Å²) in [6.45, 7) is 6.74. The molecule has 2 rings (SSSR count). The highest BCUT2D eigenvalue weighted by Crippen LogP contribution is 2.43. The fourth-order valence-corrected chi connectivity index (χ4v) is 2.30. The molecule has 0 bridgehead atoms. The first-order valence-corrected chi connectivity index (χ1v) is 5.35. The van der Waals surface area contributed by atoms with Gasteiger partial charge in [0.15, 0.2) is 0 Å². The molecule has 0 saturated heterocycles. The van der Waals surface area contributed by atoms with Gasteiger partial charge in [0.25, 0.3) is 0 Å². The van der Waals surface area contributed by atoms with E-state index in [4.69, 9.17) is 0 Å². The van der Waals surface area contributed by atoms with Crippen LogP contribution in [0.5, 0.6) is 0 Å². The third-order valence-corrected chi connectivity index (χ3v) is 3.77. The molecule has 1 nitrogen and oxygen atoms in total. The topological polar surface area (TPSA) is 12.9 Å². The van der Waals surface area contributed by atoms with E-state index < -0.39 is 0 Å². The predicted octanol–water partition coefficient (Wildman–Crippen LogP) is 3.32. The van der Waals surface area contributed by atoms with Crippen LogP contribution in [0.2, 0.25) is 0 Å². The molecule has 0 unspecified atom stereocenters. The monoisotopic (exact) mass is 181 g/mol. The Morgan fingerprint density at radius 1 is 1.42 bits per heavy atom. The third kappa shape index (κ3) is 1.53. The highest BCUT2D eigenvalue weighted by Gasteiger charge is 2.28. The van der Waals surface area contributed by atoms with Crippen molar-refractivity contribution < 1.29 is 0 Å². The molecule has 0 amide bonds. The van der Waals surface area contributed by atoms with E-state index in [1.54, 1.807) is 0 Å². The van der Waals surface area contributed by atoms with Gasteiger partial charge >= 0.3 is 0 Å². The first-order chi connectivity index (χ1) is 5.57. The van der Waals surface area contributed by atoms with Gasteiger partial charge in [0, 0.05) is 17.0 Å². The van der Waals surface area contributed by atoms with E-state index in [1.807, 2.05) is 11.3 Å². The minimum Gasteiger partial charge on any atom is -0.249 e. The molecule has 1 aliphatic carbocycles. The molecule has 1 aromatic rings. The minimum atomic E-state index is 0.283. The first-order valence-electron chi connectivity index (χ1n) is 4.53. The van der Waals surface area contributed by atoms with Crippen LogP contribution >= 0.6 is 11.3 Å². The maximum Gasteiger partial charge on any atom is 0.0958 e. The summed E-state index contributed by atoms with van der Waals surface area (Å²) >= 11 is 1.90. The van der Waals surface area contributed by atoms with Crippen LogP contribution < -0.4 is 0 Å². The Kier molecular flexibility index (Phi) is 1.76. The van der Waals surface area contributed by atoms with Crippen molar-refractivity contribution in [3.05, 3.63) is 16.1 Å². The van der Waals surface area contributed by atoms with Gasteiger partial charge in [-0.15, -0.1) is 11.3 Å². The molecule has 66 valence electrons. The van der Waals surface area contributed by atoms with E-state index in [0.717, 1.165) is 5.92 Å². The van der Waals surface area contributed by atoms with Crippen molar-refractivity contribution in [3.8, 4) is 0 Å². The Labute approximate surface area is 77.8 Å². The number of rotatable bonds is 1. The van der Waals surface area contributed by atoms with Crippen molar-refractivity contribution in [2.75, 3.05) is 0 Å². The fraction of sp³-hybridized carbons (Fsp3) is 0.700. The molecule has 12 heavy (non-hydrogen) atoms. The predicted molar refractivity (Wildman–Crippen MR) is 52.8 cm³/mol. The Hall–Kier alpha value is -0.370. The Bertz CT molecular complexity index is 278. The Balaban J connectivity index is 2.23. The van der Waals surface area contributed by atoms with Crippen molar-refractivity contribution in [2.24, 2.45) is 0 Å². The van der Waals surface area contributed by atoms with Gasteiger partial charge in [-0.3, -0.25) is 0 Å². The van der Waals surface area contributed by atoms with Crippen LogP contribution in [-0.4, -0.2) is 4.98 Å². The summed E-state index contributed by atoms with van der Waals surface area (Å²) in [5.41, 5.74) is 0.283. The maximum atomic E-state index is 4.46. The molecule has 0 spiro atoms. The van der Waals surface area contributed by atoms with Gasteiger partial charge in [-0.1, -0.05) is 20.8 Å². The molecule has 0 aromatic carbocycles. The number of hydrogen-bond acceptors (Lipinski definition) is 2. The second-order valence-electron chi connectivity index (χ2n) is 4.59. The molecule has 1 aliphatic rings. The summed E-state index contributed by atoms with van der Waals surface area (Å²) in [7, 11) is 0. The quantitative estimate of drug-likeness (QED) is 0.647. The van der Waals surface area contributed by atoms with Gasteiger partial charge in [-0.25, -0.2) is 4.98 Å². The largest absolute Gasteiger partial charge is 0.249 e. The SMILES string of the molecule is CC(C)(C)c1cnc(C2CC2)s1. The van der Waals surface area contributed by atoms with Crippen molar-refractivity contribution in [3.63, 3.8) is 0 Å². The van der Waals surface area contributed by atoms with Gasteiger partial charge in [-0.2, -0.15) is 0 Å². The van der Waals surface area contributed by atoms with E-state index in [0.29, 0.717) is 0 Å². The van der Waals surface area contributed by atoms with Crippen molar-refractivity contribution in [1.82, 2.24) is 4.98 Å². The lowest BCUT2D eigenvalue weighted by Crippen LogP contribution is -2.07. The van der Waals surface area contributed by atoms with Crippen LogP contribution in [0.4, 0.5) is 0 Å². The maximum absolute atomic E-state index is 4.46. The Morgan fingerprint density at radius 2 is 2.08 bits per heavy atom. The van der Waals surface area contributed by atoms with Gasteiger partial charge in [0.2, 0.25) is 0 Å². The van der Waals surface area contributed by atoms with Crippen LogP contribution in [0.25, 0.3) is 0 Å². The molecule has 0 aliphatic heterocycles. The van der Waals surface area contributed by atoms with E-state index >= 15 is 0 Å². The van der Waals surface area contributed by atoms with Crippen molar-refractivity contribution in [1.29, 1.82) is 0 Å². The van der Waals surface area contributed by atoms with Crippen molar-refractivity contribution >= 4 is 11.3 Å². The van der Waals surface area contributed by atoms with Crippen LogP contribution in [0.3, 0.4) is 0 Å². The molecule has 0 radical (unpaired) electrons. The lowest BCUT2D eigenvalue weighted by atomic mass is 9.96. The summed E-state index contributed by atoms with van der Waals surface area (Å²) < 4.78 is 0. The van der Waals surface area contributed by atoms with Crippen LogP contribution in [0.15, 0.2) is 6.20 Å². The first kappa shape index (κ1) is 8.24. The zero-order valence-electron chi connectivity index (χ0n) is 7.92.